The summed E-state index contributed by atoms with van der Waals surface area (Å²) in [6.07, 6.45) is -4.42. The standard InChI is InChI=1S/C18H18F3NOS/c19-18(20,21)16-7-6-14(13-4-2-1-3-5-13)10-17(16)24-12-15-11-22-8-9-23-15/h1-7,10,15,22H,8-9,11-12H2/t15-/m0/s1. The first kappa shape index (κ1) is 17.3. The van der Waals surface area contributed by atoms with Gasteiger partial charge >= 0.3 is 6.18 Å². The number of benzene rings is 2. The molecule has 0 bridgehead atoms. The lowest BCUT2D eigenvalue weighted by atomic mass is 10.0. The molecule has 0 radical (unpaired) electrons. The molecular formula is C18H18F3NOS. The second-order valence-electron chi connectivity index (χ2n) is 5.58. The van der Waals surface area contributed by atoms with E-state index in [4.69, 9.17) is 4.74 Å². The van der Waals surface area contributed by atoms with E-state index in [1.807, 2.05) is 30.3 Å². The Morgan fingerprint density at radius 2 is 1.88 bits per heavy atom. The second-order valence-corrected chi connectivity index (χ2v) is 6.64. The Morgan fingerprint density at radius 3 is 2.54 bits per heavy atom. The summed E-state index contributed by atoms with van der Waals surface area (Å²) in [5.41, 5.74) is 1.10. The number of morpholine rings is 1. The fourth-order valence-electron chi connectivity index (χ4n) is 2.60. The summed E-state index contributed by atoms with van der Waals surface area (Å²) in [5.74, 6) is 0.494. The summed E-state index contributed by atoms with van der Waals surface area (Å²) in [7, 11) is 0. The first-order chi connectivity index (χ1) is 11.5. The molecular weight excluding hydrogens is 335 g/mol. The van der Waals surface area contributed by atoms with E-state index in [2.05, 4.69) is 5.32 Å². The number of rotatable bonds is 4. The minimum absolute atomic E-state index is 0.0646. The third kappa shape index (κ3) is 4.32. The van der Waals surface area contributed by atoms with Crippen LogP contribution < -0.4 is 5.32 Å². The Bertz CT molecular complexity index is 670. The fourth-order valence-corrected chi connectivity index (χ4v) is 3.72. The monoisotopic (exact) mass is 353 g/mol. The van der Waals surface area contributed by atoms with Crippen molar-refractivity contribution in [3.8, 4) is 11.1 Å². The summed E-state index contributed by atoms with van der Waals surface area (Å²) in [6, 6.07) is 13.8. The quantitative estimate of drug-likeness (QED) is 0.821. The van der Waals surface area contributed by atoms with Crippen molar-refractivity contribution >= 4 is 11.8 Å². The Hall–Kier alpha value is -1.50. The van der Waals surface area contributed by atoms with Crippen molar-refractivity contribution in [3.05, 3.63) is 54.1 Å². The number of ether oxygens (including phenoxy) is 1. The highest BCUT2D eigenvalue weighted by molar-refractivity contribution is 7.99. The van der Waals surface area contributed by atoms with E-state index in [0.717, 1.165) is 17.7 Å². The van der Waals surface area contributed by atoms with Crippen molar-refractivity contribution in [2.45, 2.75) is 17.2 Å². The molecule has 1 aliphatic heterocycles. The van der Waals surface area contributed by atoms with Crippen LogP contribution in [0.4, 0.5) is 13.2 Å². The maximum Gasteiger partial charge on any atom is 0.417 e. The molecule has 2 nitrogen and oxygen atoms in total. The molecule has 0 spiro atoms. The van der Waals surface area contributed by atoms with Gasteiger partial charge in [0.05, 0.1) is 18.3 Å². The zero-order chi connectivity index (χ0) is 17.0. The van der Waals surface area contributed by atoms with Gasteiger partial charge in [-0.2, -0.15) is 13.2 Å². The van der Waals surface area contributed by atoms with Gasteiger partial charge in [-0.25, -0.2) is 0 Å². The molecule has 3 rings (SSSR count). The van der Waals surface area contributed by atoms with Gasteiger partial charge in [0, 0.05) is 23.7 Å². The van der Waals surface area contributed by atoms with Crippen LogP contribution in [-0.2, 0) is 10.9 Å². The summed E-state index contributed by atoms with van der Waals surface area (Å²) < 4.78 is 45.4. The lowest BCUT2D eigenvalue weighted by molar-refractivity contribution is -0.139. The molecule has 0 amide bonds. The van der Waals surface area contributed by atoms with E-state index >= 15 is 0 Å². The maximum absolute atomic E-state index is 13.3. The topological polar surface area (TPSA) is 21.3 Å². The van der Waals surface area contributed by atoms with Gasteiger partial charge in [0.25, 0.3) is 0 Å². The van der Waals surface area contributed by atoms with E-state index in [1.165, 1.54) is 23.9 Å². The highest BCUT2D eigenvalue weighted by atomic mass is 32.2. The van der Waals surface area contributed by atoms with Crippen molar-refractivity contribution in [1.29, 1.82) is 0 Å². The van der Waals surface area contributed by atoms with Gasteiger partial charge < -0.3 is 10.1 Å². The van der Waals surface area contributed by atoms with E-state index < -0.39 is 11.7 Å². The SMILES string of the molecule is FC(F)(F)c1ccc(-c2ccccc2)cc1SC[C@@H]1CNCCO1. The molecule has 128 valence electrons. The van der Waals surface area contributed by atoms with E-state index in [-0.39, 0.29) is 11.0 Å². The van der Waals surface area contributed by atoms with Crippen LogP contribution >= 0.6 is 11.8 Å². The van der Waals surface area contributed by atoms with E-state index in [9.17, 15) is 13.2 Å². The molecule has 1 atom stereocenters. The van der Waals surface area contributed by atoms with Crippen molar-refractivity contribution in [2.75, 3.05) is 25.4 Å². The van der Waals surface area contributed by atoms with Crippen LogP contribution in [0.1, 0.15) is 5.56 Å². The van der Waals surface area contributed by atoms with Crippen molar-refractivity contribution in [2.24, 2.45) is 0 Å². The summed E-state index contributed by atoms with van der Waals surface area (Å²) in [5, 5.41) is 3.19. The van der Waals surface area contributed by atoms with Crippen LogP contribution in [0.15, 0.2) is 53.4 Å². The van der Waals surface area contributed by atoms with Gasteiger partial charge in [-0.1, -0.05) is 36.4 Å². The summed E-state index contributed by atoms with van der Waals surface area (Å²) >= 11 is 1.20. The molecule has 1 heterocycles. The van der Waals surface area contributed by atoms with Crippen LogP contribution in [-0.4, -0.2) is 31.6 Å². The number of thioether (sulfide) groups is 1. The Kier molecular flexibility index (Phi) is 5.48. The number of hydrogen-bond donors (Lipinski definition) is 1. The van der Waals surface area contributed by atoms with Crippen LogP contribution in [0.3, 0.4) is 0 Å². The molecule has 2 aromatic rings. The molecule has 2 aromatic carbocycles. The van der Waals surface area contributed by atoms with E-state index in [0.29, 0.717) is 18.9 Å². The minimum Gasteiger partial charge on any atom is -0.375 e. The van der Waals surface area contributed by atoms with Gasteiger partial charge in [0.2, 0.25) is 0 Å². The maximum atomic E-state index is 13.3. The van der Waals surface area contributed by atoms with E-state index in [1.54, 1.807) is 6.07 Å². The van der Waals surface area contributed by atoms with Crippen LogP contribution in [0.5, 0.6) is 0 Å². The van der Waals surface area contributed by atoms with Gasteiger partial charge in [0.1, 0.15) is 0 Å². The van der Waals surface area contributed by atoms with Gasteiger partial charge in [-0.3, -0.25) is 0 Å². The van der Waals surface area contributed by atoms with Crippen LogP contribution in [0.25, 0.3) is 11.1 Å². The fraction of sp³-hybridized carbons (Fsp3) is 0.333. The number of nitrogens with one attached hydrogen (secondary N) is 1. The Balaban J connectivity index is 1.85. The predicted octanol–water partition coefficient (Wildman–Crippen LogP) is 4.45. The largest absolute Gasteiger partial charge is 0.417 e. The third-order valence-corrected chi connectivity index (χ3v) is 5.01. The second kappa shape index (κ2) is 7.59. The molecule has 0 unspecified atom stereocenters. The smallest absolute Gasteiger partial charge is 0.375 e. The highest BCUT2D eigenvalue weighted by Gasteiger charge is 2.33. The molecule has 1 saturated heterocycles. The molecule has 1 aliphatic rings. The van der Waals surface area contributed by atoms with Crippen molar-refractivity contribution in [3.63, 3.8) is 0 Å². The average Bonchev–Trinajstić information content (AvgIpc) is 2.60. The first-order valence-corrected chi connectivity index (χ1v) is 8.74. The average molecular weight is 353 g/mol. The molecule has 6 heteroatoms. The Morgan fingerprint density at radius 1 is 1.08 bits per heavy atom. The zero-order valence-corrected chi connectivity index (χ0v) is 13.8. The summed E-state index contributed by atoms with van der Waals surface area (Å²) in [4.78, 5) is 0.248. The number of alkyl halides is 3. The van der Waals surface area contributed by atoms with Crippen molar-refractivity contribution < 1.29 is 17.9 Å². The number of hydrogen-bond acceptors (Lipinski definition) is 3. The van der Waals surface area contributed by atoms with Crippen LogP contribution in [0.2, 0.25) is 0 Å². The molecule has 0 saturated carbocycles. The third-order valence-electron chi connectivity index (χ3n) is 3.82. The number of halogens is 3. The molecule has 0 aromatic heterocycles. The lowest BCUT2D eigenvalue weighted by Crippen LogP contribution is -2.39. The van der Waals surface area contributed by atoms with Gasteiger partial charge in [0.15, 0.2) is 0 Å². The summed E-state index contributed by atoms with van der Waals surface area (Å²) in [6.45, 7) is 2.06. The van der Waals surface area contributed by atoms with Crippen LogP contribution in [0, 0.1) is 0 Å². The molecule has 1 N–H and O–H groups in total. The molecule has 1 fully saturated rings. The van der Waals surface area contributed by atoms with Crippen molar-refractivity contribution in [1.82, 2.24) is 5.32 Å². The van der Waals surface area contributed by atoms with Gasteiger partial charge in [-0.15, -0.1) is 11.8 Å². The minimum atomic E-state index is -4.36. The Labute approximate surface area is 143 Å². The molecule has 24 heavy (non-hydrogen) atoms. The highest BCUT2D eigenvalue weighted by Crippen LogP contribution is 2.39. The normalized spacial score (nSPS) is 18.5. The predicted molar refractivity (Wildman–Crippen MR) is 90.2 cm³/mol. The van der Waals surface area contributed by atoms with Gasteiger partial charge in [-0.05, 0) is 23.3 Å². The molecule has 0 aliphatic carbocycles. The zero-order valence-electron chi connectivity index (χ0n) is 13.0. The lowest BCUT2D eigenvalue weighted by Gasteiger charge is -2.24. The first-order valence-electron chi connectivity index (χ1n) is 7.76.